The predicted octanol–water partition coefficient (Wildman–Crippen LogP) is 3.52. The summed E-state index contributed by atoms with van der Waals surface area (Å²) in [6, 6.07) is 16.2. The molecule has 0 aliphatic carbocycles. The molecule has 2 heterocycles. The Labute approximate surface area is 187 Å². The Morgan fingerprint density at radius 1 is 1.03 bits per heavy atom. The average molecular weight is 443 g/mol. The number of hydrogen-bond acceptors (Lipinski definition) is 4. The Balaban J connectivity index is 1.65. The average Bonchev–Trinajstić information content (AvgIpc) is 2.78. The normalized spacial score (nSPS) is 11.2. The lowest BCUT2D eigenvalue weighted by atomic mass is 10.0. The van der Waals surface area contributed by atoms with Crippen molar-refractivity contribution in [2.75, 3.05) is 6.26 Å². The molecule has 32 heavy (non-hydrogen) atoms. The predicted molar refractivity (Wildman–Crippen MR) is 126 cm³/mol. The van der Waals surface area contributed by atoms with E-state index in [1.165, 1.54) is 6.26 Å². The first kappa shape index (κ1) is 21.5. The molecule has 0 aliphatic rings. The minimum atomic E-state index is -3.25. The number of fused-ring (bicyclic) bond motifs is 1. The summed E-state index contributed by atoms with van der Waals surface area (Å²) in [6.07, 6.45) is 7.55. The zero-order valence-corrected chi connectivity index (χ0v) is 18.7. The highest BCUT2D eigenvalue weighted by Crippen LogP contribution is 2.17. The van der Waals surface area contributed by atoms with E-state index in [1.807, 2.05) is 48.1 Å². The SMILES string of the molecule is Cn1cc(Cc2ccc(S(C)(=O)=O)cc2)c(=O)c2cc(C#CCc3cccnc3)ccc21. The van der Waals surface area contributed by atoms with Gasteiger partial charge in [0.15, 0.2) is 15.3 Å². The third-order valence-corrected chi connectivity index (χ3v) is 6.38. The van der Waals surface area contributed by atoms with Crippen molar-refractivity contribution < 1.29 is 8.42 Å². The Kier molecular flexibility index (Phi) is 5.93. The standard InChI is InChI=1S/C26H22N2O3S/c1-28-18-22(15-20-8-11-23(12-9-20)32(2,30)31)26(29)24-16-19(10-13-25(24)28)5-3-6-21-7-4-14-27-17-21/h4,7-14,16-18H,6,15H2,1-2H3. The topological polar surface area (TPSA) is 69.0 Å². The van der Waals surface area contributed by atoms with Crippen LogP contribution in [0.25, 0.3) is 10.9 Å². The van der Waals surface area contributed by atoms with Gasteiger partial charge in [0.1, 0.15) is 0 Å². The van der Waals surface area contributed by atoms with Gasteiger partial charge in [0.25, 0.3) is 0 Å². The van der Waals surface area contributed by atoms with E-state index in [2.05, 4.69) is 16.8 Å². The molecule has 2 aromatic heterocycles. The molecule has 0 saturated heterocycles. The van der Waals surface area contributed by atoms with Gasteiger partial charge in [0.2, 0.25) is 0 Å². The second kappa shape index (κ2) is 8.81. The van der Waals surface area contributed by atoms with Gasteiger partial charge in [-0.3, -0.25) is 9.78 Å². The summed E-state index contributed by atoms with van der Waals surface area (Å²) in [5.41, 5.74) is 4.15. The van der Waals surface area contributed by atoms with Gasteiger partial charge in [-0.15, -0.1) is 0 Å². The van der Waals surface area contributed by atoms with Gasteiger partial charge in [-0.2, -0.15) is 0 Å². The smallest absolute Gasteiger partial charge is 0.192 e. The number of aryl methyl sites for hydroxylation is 1. The maximum atomic E-state index is 13.2. The van der Waals surface area contributed by atoms with Crippen molar-refractivity contribution >= 4 is 20.7 Å². The van der Waals surface area contributed by atoms with Crippen LogP contribution in [0.5, 0.6) is 0 Å². The first-order chi connectivity index (χ1) is 15.3. The summed E-state index contributed by atoms with van der Waals surface area (Å²) in [4.78, 5) is 17.6. The lowest BCUT2D eigenvalue weighted by Gasteiger charge is -2.10. The molecule has 0 atom stereocenters. The lowest BCUT2D eigenvalue weighted by molar-refractivity contribution is 0.602. The van der Waals surface area contributed by atoms with Crippen LogP contribution < -0.4 is 5.43 Å². The molecule has 4 aromatic rings. The molecule has 0 spiro atoms. The molecule has 2 aromatic carbocycles. The molecule has 0 amide bonds. The monoisotopic (exact) mass is 442 g/mol. The maximum Gasteiger partial charge on any atom is 0.192 e. The molecule has 5 nitrogen and oxygen atoms in total. The van der Waals surface area contributed by atoms with Crippen molar-refractivity contribution in [3.05, 3.63) is 106 Å². The van der Waals surface area contributed by atoms with Gasteiger partial charge in [-0.05, 0) is 47.5 Å². The van der Waals surface area contributed by atoms with Gasteiger partial charge < -0.3 is 4.57 Å². The van der Waals surface area contributed by atoms with E-state index in [-0.39, 0.29) is 10.3 Å². The molecule has 160 valence electrons. The van der Waals surface area contributed by atoms with Crippen molar-refractivity contribution in [3.8, 4) is 11.8 Å². The summed E-state index contributed by atoms with van der Waals surface area (Å²) in [7, 11) is -1.34. The minimum absolute atomic E-state index is 0.0406. The second-order valence-corrected chi connectivity index (χ2v) is 9.77. The van der Waals surface area contributed by atoms with E-state index >= 15 is 0 Å². The molecule has 0 radical (unpaired) electrons. The van der Waals surface area contributed by atoms with Gasteiger partial charge in [0, 0.05) is 61.2 Å². The van der Waals surface area contributed by atoms with Crippen LogP contribution in [0.4, 0.5) is 0 Å². The van der Waals surface area contributed by atoms with Crippen LogP contribution in [0.15, 0.2) is 82.9 Å². The second-order valence-electron chi connectivity index (χ2n) is 7.76. The number of nitrogens with zero attached hydrogens (tertiary/aromatic N) is 2. The molecule has 6 heteroatoms. The largest absolute Gasteiger partial charge is 0.350 e. The van der Waals surface area contributed by atoms with Crippen LogP contribution in [0, 0.1) is 11.8 Å². The van der Waals surface area contributed by atoms with E-state index < -0.39 is 9.84 Å². The van der Waals surface area contributed by atoms with Crippen LogP contribution in [0.2, 0.25) is 0 Å². The van der Waals surface area contributed by atoms with Crippen LogP contribution in [-0.4, -0.2) is 24.2 Å². The van der Waals surface area contributed by atoms with E-state index in [4.69, 9.17) is 0 Å². The number of pyridine rings is 2. The first-order valence-electron chi connectivity index (χ1n) is 10.1. The Morgan fingerprint density at radius 3 is 2.50 bits per heavy atom. The molecule has 0 bridgehead atoms. The molecule has 0 aliphatic heterocycles. The highest BCUT2D eigenvalue weighted by molar-refractivity contribution is 7.90. The molecular weight excluding hydrogens is 420 g/mol. The first-order valence-corrected chi connectivity index (χ1v) is 12.0. The zero-order chi connectivity index (χ0) is 22.7. The van der Waals surface area contributed by atoms with Gasteiger partial charge in [-0.25, -0.2) is 8.42 Å². The van der Waals surface area contributed by atoms with Crippen molar-refractivity contribution in [3.63, 3.8) is 0 Å². The van der Waals surface area contributed by atoms with Crippen molar-refractivity contribution in [2.45, 2.75) is 17.7 Å². The summed E-state index contributed by atoms with van der Waals surface area (Å²) < 4.78 is 25.3. The highest BCUT2D eigenvalue weighted by atomic mass is 32.2. The highest BCUT2D eigenvalue weighted by Gasteiger charge is 2.11. The Hall–Kier alpha value is -3.69. The zero-order valence-electron chi connectivity index (χ0n) is 17.9. The van der Waals surface area contributed by atoms with Crippen LogP contribution >= 0.6 is 0 Å². The molecule has 4 rings (SSSR count). The summed E-state index contributed by atoms with van der Waals surface area (Å²) in [5, 5.41) is 0.617. The fourth-order valence-corrected chi connectivity index (χ4v) is 4.22. The van der Waals surface area contributed by atoms with Gasteiger partial charge in [0.05, 0.1) is 10.4 Å². The van der Waals surface area contributed by atoms with Crippen LogP contribution in [0.1, 0.15) is 22.3 Å². The number of rotatable bonds is 4. The van der Waals surface area contributed by atoms with E-state index in [0.29, 0.717) is 23.8 Å². The van der Waals surface area contributed by atoms with E-state index in [1.54, 1.807) is 36.7 Å². The minimum Gasteiger partial charge on any atom is -0.350 e. The molecule has 0 N–H and O–H groups in total. The van der Waals surface area contributed by atoms with Crippen LogP contribution in [0.3, 0.4) is 0 Å². The Bertz CT molecular complexity index is 1510. The van der Waals surface area contributed by atoms with Crippen molar-refractivity contribution in [2.24, 2.45) is 7.05 Å². The lowest BCUT2D eigenvalue weighted by Crippen LogP contribution is -2.14. The summed E-state index contributed by atoms with van der Waals surface area (Å²) >= 11 is 0. The fourth-order valence-electron chi connectivity index (χ4n) is 3.59. The van der Waals surface area contributed by atoms with E-state index in [9.17, 15) is 13.2 Å². The maximum absolute atomic E-state index is 13.2. The third kappa shape index (κ3) is 4.79. The number of benzene rings is 2. The van der Waals surface area contributed by atoms with Gasteiger partial charge in [-0.1, -0.05) is 30.0 Å². The van der Waals surface area contributed by atoms with E-state index in [0.717, 1.165) is 22.2 Å². The van der Waals surface area contributed by atoms with Gasteiger partial charge >= 0.3 is 0 Å². The third-order valence-electron chi connectivity index (χ3n) is 5.26. The number of hydrogen-bond donors (Lipinski definition) is 0. The van der Waals surface area contributed by atoms with Crippen molar-refractivity contribution in [1.82, 2.24) is 9.55 Å². The summed E-state index contributed by atoms with van der Waals surface area (Å²) in [6.45, 7) is 0. The van der Waals surface area contributed by atoms with Crippen molar-refractivity contribution in [1.29, 1.82) is 0 Å². The summed E-state index contributed by atoms with van der Waals surface area (Å²) in [5.74, 6) is 6.28. The molecule has 0 saturated carbocycles. The van der Waals surface area contributed by atoms with Crippen LogP contribution in [-0.2, 0) is 29.7 Å². The molecule has 0 unspecified atom stereocenters. The number of sulfone groups is 1. The molecular formula is C26H22N2O3S. The fraction of sp³-hybridized carbons (Fsp3) is 0.154. The quantitative estimate of drug-likeness (QED) is 0.454. The molecule has 0 fully saturated rings. The number of aromatic nitrogens is 2. The Morgan fingerprint density at radius 2 is 1.81 bits per heavy atom.